The van der Waals surface area contributed by atoms with Crippen molar-refractivity contribution in [2.24, 2.45) is 0 Å². The van der Waals surface area contributed by atoms with E-state index in [1.54, 1.807) is 18.0 Å². The molecule has 1 aromatic carbocycles. The summed E-state index contributed by atoms with van der Waals surface area (Å²) >= 11 is 0. The van der Waals surface area contributed by atoms with Gasteiger partial charge in [-0.05, 0) is 25.1 Å². The molecule has 0 aliphatic carbocycles. The van der Waals surface area contributed by atoms with E-state index in [1.165, 1.54) is 12.1 Å². The summed E-state index contributed by atoms with van der Waals surface area (Å²) in [6.45, 7) is 2.77. The molecular formula is C19H26F3N3O3S. The quantitative estimate of drug-likeness (QED) is 0.704. The number of nitrogens with zero attached hydrogens (tertiary/aromatic N) is 3. The Hall–Kier alpha value is -1.65. The molecule has 1 atom stereocenters. The lowest BCUT2D eigenvalue weighted by Gasteiger charge is -2.36. The van der Waals surface area contributed by atoms with Crippen LogP contribution < -0.4 is 0 Å². The maximum absolute atomic E-state index is 12.9. The third-order valence-corrected chi connectivity index (χ3v) is 7.35. The maximum Gasteiger partial charge on any atom is 0.416 e. The molecule has 2 aliphatic rings. The molecule has 162 valence electrons. The molecule has 1 aromatic rings. The highest BCUT2D eigenvalue weighted by Crippen LogP contribution is 2.29. The second kappa shape index (κ2) is 8.61. The molecule has 2 aliphatic heterocycles. The average molecular weight is 433 g/mol. The number of sulfone groups is 1. The number of carbonyl (C=O) groups is 1. The first-order valence-electron chi connectivity index (χ1n) is 9.60. The number of hydrogen-bond acceptors (Lipinski definition) is 5. The minimum absolute atomic E-state index is 0.0458. The van der Waals surface area contributed by atoms with Crippen molar-refractivity contribution in [3.05, 3.63) is 35.4 Å². The molecule has 6 nitrogen and oxygen atoms in total. The molecule has 0 radical (unpaired) electrons. The van der Waals surface area contributed by atoms with Crippen molar-refractivity contribution in [1.82, 2.24) is 14.7 Å². The van der Waals surface area contributed by atoms with Gasteiger partial charge in [-0.2, -0.15) is 13.2 Å². The lowest BCUT2D eigenvalue weighted by Crippen LogP contribution is -2.51. The standard InChI is InChI=1S/C19H26F3N3O3S/c1-23(17-5-10-29(27,28)14-17)13-18(26)25-8-6-24(7-9-25)12-15-3-2-4-16(11-15)19(20,21)22/h2-4,11,17H,5-10,12-14H2,1H3. The summed E-state index contributed by atoms with van der Waals surface area (Å²) < 4.78 is 61.8. The second-order valence-corrected chi connectivity index (χ2v) is 10.1. The Morgan fingerprint density at radius 1 is 1.21 bits per heavy atom. The van der Waals surface area contributed by atoms with Crippen molar-refractivity contribution >= 4 is 15.7 Å². The van der Waals surface area contributed by atoms with E-state index >= 15 is 0 Å². The smallest absolute Gasteiger partial charge is 0.339 e. The van der Waals surface area contributed by atoms with Crippen molar-refractivity contribution < 1.29 is 26.4 Å². The summed E-state index contributed by atoms with van der Waals surface area (Å²) in [5.41, 5.74) is -0.0532. The average Bonchev–Trinajstić information content (AvgIpc) is 3.02. The van der Waals surface area contributed by atoms with E-state index in [4.69, 9.17) is 0 Å². The Kier molecular flexibility index (Phi) is 6.54. The molecule has 10 heteroatoms. The van der Waals surface area contributed by atoms with Crippen LogP contribution in [0.2, 0.25) is 0 Å². The number of piperazine rings is 1. The van der Waals surface area contributed by atoms with Gasteiger partial charge in [-0.1, -0.05) is 18.2 Å². The molecule has 2 saturated heterocycles. The van der Waals surface area contributed by atoms with E-state index in [0.29, 0.717) is 44.7 Å². The van der Waals surface area contributed by atoms with Gasteiger partial charge in [0.2, 0.25) is 5.91 Å². The molecule has 0 spiro atoms. The topological polar surface area (TPSA) is 60.9 Å². The zero-order valence-electron chi connectivity index (χ0n) is 16.4. The lowest BCUT2D eigenvalue weighted by molar-refractivity contribution is -0.138. The minimum Gasteiger partial charge on any atom is -0.339 e. The molecule has 0 saturated carbocycles. The molecular weight excluding hydrogens is 407 g/mol. The fourth-order valence-electron chi connectivity index (χ4n) is 3.83. The molecule has 0 N–H and O–H groups in total. The first-order chi connectivity index (χ1) is 13.5. The molecule has 0 aromatic heterocycles. The van der Waals surface area contributed by atoms with Crippen molar-refractivity contribution in [1.29, 1.82) is 0 Å². The van der Waals surface area contributed by atoms with Crippen LogP contribution in [-0.2, 0) is 27.4 Å². The number of likely N-dealkylation sites (N-methyl/N-ethyl adjacent to an activating group) is 1. The largest absolute Gasteiger partial charge is 0.416 e. The molecule has 3 rings (SSSR count). The highest BCUT2D eigenvalue weighted by atomic mass is 32.2. The number of rotatable bonds is 5. The van der Waals surface area contributed by atoms with Gasteiger partial charge in [0.1, 0.15) is 0 Å². The molecule has 2 fully saturated rings. The van der Waals surface area contributed by atoms with E-state index in [0.717, 1.165) is 6.07 Å². The molecule has 1 unspecified atom stereocenters. The van der Waals surface area contributed by atoms with Gasteiger partial charge < -0.3 is 4.90 Å². The summed E-state index contributed by atoms with van der Waals surface area (Å²) in [6, 6.07) is 5.20. The number of hydrogen-bond donors (Lipinski definition) is 0. The van der Waals surface area contributed by atoms with Crippen LogP contribution in [0.25, 0.3) is 0 Å². The van der Waals surface area contributed by atoms with Crippen molar-refractivity contribution in [3.8, 4) is 0 Å². The summed E-state index contributed by atoms with van der Waals surface area (Å²) in [4.78, 5) is 18.1. The highest BCUT2D eigenvalue weighted by Gasteiger charge is 2.33. The Morgan fingerprint density at radius 3 is 2.48 bits per heavy atom. The van der Waals surface area contributed by atoms with Crippen LogP contribution in [0.15, 0.2) is 24.3 Å². The molecule has 29 heavy (non-hydrogen) atoms. The minimum atomic E-state index is -4.36. The predicted octanol–water partition coefficient (Wildman–Crippen LogP) is 1.47. The second-order valence-electron chi connectivity index (χ2n) is 7.83. The molecule has 2 heterocycles. The zero-order valence-corrected chi connectivity index (χ0v) is 17.2. The van der Waals surface area contributed by atoms with E-state index in [9.17, 15) is 26.4 Å². The van der Waals surface area contributed by atoms with Crippen LogP contribution in [0.1, 0.15) is 17.5 Å². The third kappa shape index (κ3) is 5.93. The Morgan fingerprint density at radius 2 is 1.90 bits per heavy atom. The van der Waals surface area contributed by atoms with Crippen molar-refractivity contribution in [3.63, 3.8) is 0 Å². The van der Waals surface area contributed by atoms with Gasteiger partial charge in [0.25, 0.3) is 0 Å². The Bertz CT molecular complexity index is 837. The van der Waals surface area contributed by atoms with Crippen molar-refractivity contribution in [2.45, 2.75) is 25.2 Å². The summed E-state index contributed by atoms with van der Waals surface area (Å²) in [6.07, 6.45) is -3.80. The normalized spacial score (nSPS) is 22.9. The van der Waals surface area contributed by atoms with Gasteiger partial charge in [0.05, 0.1) is 23.6 Å². The summed E-state index contributed by atoms with van der Waals surface area (Å²) in [7, 11) is -1.22. The van der Waals surface area contributed by atoms with Crippen molar-refractivity contribution in [2.75, 3.05) is 51.3 Å². The van der Waals surface area contributed by atoms with Crippen LogP contribution in [0.5, 0.6) is 0 Å². The summed E-state index contributed by atoms with van der Waals surface area (Å²) in [5.74, 6) is 0.224. The van der Waals surface area contributed by atoms with E-state index in [1.807, 2.05) is 9.80 Å². The fourth-order valence-corrected chi connectivity index (χ4v) is 5.63. The van der Waals surface area contributed by atoms with Gasteiger partial charge >= 0.3 is 6.18 Å². The highest BCUT2D eigenvalue weighted by molar-refractivity contribution is 7.91. The van der Waals surface area contributed by atoms with E-state index in [-0.39, 0.29) is 30.0 Å². The number of amides is 1. The van der Waals surface area contributed by atoms with Gasteiger partial charge in [0.15, 0.2) is 9.84 Å². The third-order valence-electron chi connectivity index (χ3n) is 5.60. The first-order valence-corrected chi connectivity index (χ1v) is 11.4. The van der Waals surface area contributed by atoms with Crippen LogP contribution in [0.3, 0.4) is 0 Å². The van der Waals surface area contributed by atoms with Gasteiger partial charge in [-0.3, -0.25) is 14.6 Å². The SMILES string of the molecule is CN(CC(=O)N1CCN(Cc2cccc(C(F)(F)F)c2)CC1)C1CCS(=O)(=O)C1. The predicted molar refractivity (Wildman–Crippen MR) is 103 cm³/mol. The molecule has 1 amide bonds. The van der Waals surface area contributed by atoms with Gasteiger partial charge in [-0.15, -0.1) is 0 Å². The van der Waals surface area contributed by atoms with E-state index in [2.05, 4.69) is 0 Å². The monoisotopic (exact) mass is 433 g/mol. The van der Waals surface area contributed by atoms with Gasteiger partial charge in [0, 0.05) is 38.8 Å². The number of benzene rings is 1. The van der Waals surface area contributed by atoms with Gasteiger partial charge in [-0.25, -0.2) is 8.42 Å². The zero-order chi connectivity index (χ0) is 21.2. The lowest BCUT2D eigenvalue weighted by atomic mass is 10.1. The maximum atomic E-state index is 12.9. The van der Waals surface area contributed by atoms with Crippen LogP contribution >= 0.6 is 0 Å². The summed E-state index contributed by atoms with van der Waals surface area (Å²) in [5, 5.41) is 0. The Labute approximate surface area is 169 Å². The van der Waals surface area contributed by atoms with Crippen LogP contribution in [0, 0.1) is 0 Å². The van der Waals surface area contributed by atoms with Crippen LogP contribution in [-0.4, -0.2) is 86.3 Å². The number of alkyl halides is 3. The molecule has 0 bridgehead atoms. The number of carbonyl (C=O) groups excluding carboxylic acids is 1. The van der Waals surface area contributed by atoms with Crippen LogP contribution in [0.4, 0.5) is 13.2 Å². The fraction of sp³-hybridized carbons (Fsp3) is 0.632. The van der Waals surface area contributed by atoms with E-state index < -0.39 is 21.6 Å². The number of halogens is 3. The Balaban J connectivity index is 1.47. The first kappa shape index (κ1) is 22.0.